The fraction of sp³-hybridized carbons (Fsp3) is 0.286. The van der Waals surface area contributed by atoms with Crippen LogP contribution in [0.3, 0.4) is 0 Å². The molecule has 0 aliphatic heterocycles. The van der Waals surface area contributed by atoms with E-state index in [9.17, 15) is 5.11 Å². The molecule has 0 fully saturated rings. The fourth-order valence-corrected chi connectivity index (χ4v) is 1.58. The predicted molar refractivity (Wildman–Crippen MR) is 76.7 cm³/mol. The lowest BCUT2D eigenvalue weighted by atomic mass is 10.1. The standard InChI is InChI=1S/C14H18N4O/c1-14(2,19)9-16-12-8-11(15)17-13(18-12)10-6-4-3-5-7-10/h3-8,19H,9H2,1-2H3,(H3,15,16,17,18). The third-order valence-corrected chi connectivity index (χ3v) is 2.48. The molecule has 2 aromatic rings. The highest BCUT2D eigenvalue weighted by molar-refractivity contribution is 5.60. The molecule has 5 heteroatoms. The molecular formula is C14H18N4O. The first-order valence-electron chi connectivity index (χ1n) is 6.10. The highest BCUT2D eigenvalue weighted by Gasteiger charge is 2.13. The molecule has 0 aliphatic carbocycles. The maximum absolute atomic E-state index is 9.70. The van der Waals surface area contributed by atoms with Gasteiger partial charge in [0, 0.05) is 18.2 Å². The maximum Gasteiger partial charge on any atom is 0.163 e. The smallest absolute Gasteiger partial charge is 0.163 e. The van der Waals surface area contributed by atoms with E-state index in [0.29, 0.717) is 24.0 Å². The maximum atomic E-state index is 9.70. The van der Waals surface area contributed by atoms with Gasteiger partial charge in [0.1, 0.15) is 11.6 Å². The molecule has 100 valence electrons. The minimum absolute atomic E-state index is 0.387. The monoisotopic (exact) mass is 258 g/mol. The summed E-state index contributed by atoms with van der Waals surface area (Å²) in [6, 6.07) is 11.3. The van der Waals surface area contributed by atoms with E-state index in [1.54, 1.807) is 19.9 Å². The Kier molecular flexibility index (Phi) is 3.66. The third-order valence-electron chi connectivity index (χ3n) is 2.48. The normalized spacial score (nSPS) is 11.3. The van der Waals surface area contributed by atoms with Gasteiger partial charge < -0.3 is 16.2 Å². The topological polar surface area (TPSA) is 84.1 Å². The molecule has 2 rings (SSSR count). The summed E-state index contributed by atoms with van der Waals surface area (Å²) in [5.41, 5.74) is 5.87. The first-order chi connectivity index (χ1) is 8.94. The highest BCUT2D eigenvalue weighted by Crippen LogP contribution is 2.18. The number of hydrogen-bond donors (Lipinski definition) is 3. The number of nitrogens with zero attached hydrogens (tertiary/aromatic N) is 2. The van der Waals surface area contributed by atoms with Crippen molar-refractivity contribution in [3.63, 3.8) is 0 Å². The van der Waals surface area contributed by atoms with E-state index in [1.165, 1.54) is 0 Å². The second-order valence-corrected chi connectivity index (χ2v) is 5.03. The first kappa shape index (κ1) is 13.3. The van der Waals surface area contributed by atoms with E-state index in [1.807, 2.05) is 30.3 Å². The summed E-state index contributed by atoms with van der Waals surface area (Å²) in [7, 11) is 0. The first-order valence-corrected chi connectivity index (χ1v) is 6.10. The summed E-state index contributed by atoms with van der Waals surface area (Å²) >= 11 is 0. The number of nitrogen functional groups attached to an aromatic ring is 1. The van der Waals surface area contributed by atoms with Gasteiger partial charge in [0.05, 0.1) is 5.60 Å². The molecular weight excluding hydrogens is 240 g/mol. The Balaban J connectivity index is 2.25. The zero-order valence-electron chi connectivity index (χ0n) is 11.1. The Labute approximate surface area is 112 Å². The molecule has 1 aromatic heterocycles. The summed E-state index contributed by atoms with van der Waals surface area (Å²) in [5.74, 6) is 1.57. The van der Waals surface area contributed by atoms with Gasteiger partial charge in [0.25, 0.3) is 0 Å². The van der Waals surface area contributed by atoms with Crippen LogP contribution in [0, 0.1) is 0 Å². The van der Waals surface area contributed by atoms with Crippen molar-refractivity contribution in [2.45, 2.75) is 19.4 Å². The predicted octanol–water partition coefficient (Wildman–Crippen LogP) is 1.91. The number of benzene rings is 1. The molecule has 0 saturated carbocycles. The minimum atomic E-state index is -0.813. The largest absolute Gasteiger partial charge is 0.389 e. The highest BCUT2D eigenvalue weighted by atomic mass is 16.3. The zero-order chi connectivity index (χ0) is 13.9. The molecule has 0 spiro atoms. The summed E-state index contributed by atoms with van der Waals surface area (Å²) in [6.07, 6.45) is 0. The van der Waals surface area contributed by atoms with Gasteiger partial charge in [-0.25, -0.2) is 9.97 Å². The Morgan fingerprint density at radius 3 is 2.53 bits per heavy atom. The van der Waals surface area contributed by atoms with Crippen LogP contribution in [0.25, 0.3) is 11.4 Å². The molecule has 5 nitrogen and oxygen atoms in total. The lowest BCUT2D eigenvalue weighted by molar-refractivity contribution is 0.0944. The van der Waals surface area contributed by atoms with Gasteiger partial charge in [-0.2, -0.15) is 0 Å². The van der Waals surface area contributed by atoms with E-state index in [-0.39, 0.29) is 0 Å². The van der Waals surface area contributed by atoms with Crippen molar-refractivity contribution in [1.82, 2.24) is 9.97 Å². The van der Waals surface area contributed by atoms with Gasteiger partial charge in [0.2, 0.25) is 0 Å². The van der Waals surface area contributed by atoms with Crippen LogP contribution in [-0.4, -0.2) is 27.2 Å². The van der Waals surface area contributed by atoms with E-state index < -0.39 is 5.60 Å². The van der Waals surface area contributed by atoms with E-state index in [0.717, 1.165) is 5.56 Å². The quantitative estimate of drug-likeness (QED) is 0.780. The van der Waals surface area contributed by atoms with E-state index in [4.69, 9.17) is 5.73 Å². The number of nitrogens with two attached hydrogens (primary N) is 1. The third kappa shape index (κ3) is 3.93. The molecule has 0 unspecified atom stereocenters. The van der Waals surface area contributed by atoms with Crippen LogP contribution in [-0.2, 0) is 0 Å². The second-order valence-electron chi connectivity index (χ2n) is 5.03. The summed E-state index contributed by atoms with van der Waals surface area (Å²) < 4.78 is 0. The van der Waals surface area contributed by atoms with Gasteiger partial charge in [-0.05, 0) is 13.8 Å². The number of anilines is 2. The van der Waals surface area contributed by atoms with Gasteiger partial charge >= 0.3 is 0 Å². The Bertz CT molecular complexity index is 549. The Morgan fingerprint density at radius 1 is 1.21 bits per heavy atom. The molecule has 0 aliphatic rings. The Morgan fingerprint density at radius 2 is 1.89 bits per heavy atom. The fourth-order valence-electron chi connectivity index (χ4n) is 1.58. The van der Waals surface area contributed by atoms with Crippen molar-refractivity contribution in [3.8, 4) is 11.4 Å². The SMILES string of the molecule is CC(C)(O)CNc1cc(N)nc(-c2ccccc2)n1. The lowest BCUT2D eigenvalue weighted by Crippen LogP contribution is -2.29. The van der Waals surface area contributed by atoms with E-state index >= 15 is 0 Å². The molecule has 0 radical (unpaired) electrons. The van der Waals surface area contributed by atoms with Gasteiger partial charge in [-0.3, -0.25) is 0 Å². The van der Waals surface area contributed by atoms with Crippen molar-refractivity contribution in [3.05, 3.63) is 36.4 Å². The van der Waals surface area contributed by atoms with Crippen LogP contribution in [0.4, 0.5) is 11.6 Å². The molecule has 0 atom stereocenters. The molecule has 0 amide bonds. The van der Waals surface area contributed by atoms with Crippen molar-refractivity contribution >= 4 is 11.6 Å². The van der Waals surface area contributed by atoms with Gasteiger partial charge in [0.15, 0.2) is 5.82 Å². The van der Waals surface area contributed by atoms with Gasteiger partial charge in [-0.15, -0.1) is 0 Å². The van der Waals surface area contributed by atoms with Crippen molar-refractivity contribution in [2.24, 2.45) is 0 Å². The van der Waals surface area contributed by atoms with Crippen LogP contribution in [0.15, 0.2) is 36.4 Å². The Hall–Kier alpha value is -2.14. The van der Waals surface area contributed by atoms with Crippen LogP contribution >= 0.6 is 0 Å². The molecule has 0 bridgehead atoms. The van der Waals surface area contributed by atoms with Crippen LogP contribution in [0.1, 0.15) is 13.8 Å². The number of nitrogens with one attached hydrogen (secondary N) is 1. The zero-order valence-corrected chi connectivity index (χ0v) is 11.1. The lowest BCUT2D eigenvalue weighted by Gasteiger charge is -2.18. The van der Waals surface area contributed by atoms with Crippen LogP contribution < -0.4 is 11.1 Å². The van der Waals surface area contributed by atoms with Gasteiger partial charge in [-0.1, -0.05) is 30.3 Å². The average molecular weight is 258 g/mol. The van der Waals surface area contributed by atoms with Crippen LogP contribution in [0.2, 0.25) is 0 Å². The molecule has 0 saturated heterocycles. The molecule has 19 heavy (non-hydrogen) atoms. The molecule has 1 aromatic carbocycles. The molecule has 1 heterocycles. The summed E-state index contributed by atoms with van der Waals surface area (Å²) in [5, 5.41) is 12.8. The number of hydrogen-bond acceptors (Lipinski definition) is 5. The minimum Gasteiger partial charge on any atom is -0.389 e. The number of rotatable bonds is 4. The van der Waals surface area contributed by atoms with Crippen molar-refractivity contribution in [1.29, 1.82) is 0 Å². The van der Waals surface area contributed by atoms with Crippen LogP contribution in [0.5, 0.6) is 0 Å². The van der Waals surface area contributed by atoms with E-state index in [2.05, 4.69) is 15.3 Å². The second kappa shape index (κ2) is 5.24. The summed E-state index contributed by atoms with van der Waals surface area (Å²) in [4.78, 5) is 8.61. The number of aromatic nitrogens is 2. The average Bonchev–Trinajstić information content (AvgIpc) is 2.36. The molecule has 4 N–H and O–H groups in total. The summed E-state index contributed by atoms with van der Waals surface area (Å²) in [6.45, 7) is 3.84. The number of aliphatic hydroxyl groups is 1. The van der Waals surface area contributed by atoms with Crippen molar-refractivity contribution < 1.29 is 5.11 Å². The van der Waals surface area contributed by atoms with Crippen molar-refractivity contribution in [2.75, 3.05) is 17.6 Å².